The van der Waals surface area contributed by atoms with Gasteiger partial charge in [-0.05, 0) is 43.5 Å². The summed E-state index contributed by atoms with van der Waals surface area (Å²) in [6, 6.07) is 6.00. The van der Waals surface area contributed by atoms with Crippen LogP contribution < -0.4 is 5.73 Å². The molecule has 6 heteroatoms. The first-order valence-electron chi connectivity index (χ1n) is 7.22. The fraction of sp³-hybridized carbons (Fsp3) is 0.400. The third-order valence-corrected chi connectivity index (χ3v) is 4.83. The Hall–Kier alpha value is -1.95. The van der Waals surface area contributed by atoms with Gasteiger partial charge in [-0.2, -0.15) is 9.61 Å². The van der Waals surface area contributed by atoms with Crippen molar-refractivity contribution in [3.8, 4) is 10.6 Å². The minimum Gasteiger partial charge on any atom is -0.399 e. The van der Waals surface area contributed by atoms with Crippen LogP contribution in [0.25, 0.3) is 15.5 Å². The Kier molecular flexibility index (Phi) is 3.63. The lowest BCUT2D eigenvalue weighted by molar-refractivity contribution is 0.584. The maximum atomic E-state index is 5.88. The molecule has 0 unspecified atom stereocenters. The molecule has 0 aliphatic rings. The van der Waals surface area contributed by atoms with Crippen molar-refractivity contribution in [2.45, 2.75) is 39.5 Å². The van der Waals surface area contributed by atoms with E-state index in [4.69, 9.17) is 10.8 Å². The molecule has 2 N–H and O–H groups in total. The second-order valence-corrected chi connectivity index (χ2v) is 6.20. The van der Waals surface area contributed by atoms with Crippen molar-refractivity contribution < 1.29 is 0 Å². The van der Waals surface area contributed by atoms with Gasteiger partial charge in [0, 0.05) is 17.2 Å². The van der Waals surface area contributed by atoms with E-state index in [1.165, 1.54) is 0 Å². The first-order valence-corrected chi connectivity index (χ1v) is 8.04. The van der Waals surface area contributed by atoms with Gasteiger partial charge in [0.1, 0.15) is 5.01 Å². The zero-order valence-electron chi connectivity index (χ0n) is 12.5. The highest BCUT2D eigenvalue weighted by atomic mass is 32.1. The van der Waals surface area contributed by atoms with Crippen LogP contribution in [0.4, 0.5) is 5.69 Å². The van der Waals surface area contributed by atoms with Crippen molar-refractivity contribution in [3.63, 3.8) is 0 Å². The van der Waals surface area contributed by atoms with Crippen molar-refractivity contribution >= 4 is 22.0 Å². The maximum Gasteiger partial charge on any atom is 0.234 e. The molecule has 2 heterocycles. The number of anilines is 1. The van der Waals surface area contributed by atoms with Crippen LogP contribution in [0.2, 0.25) is 0 Å². The molecule has 110 valence electrons. The molecule has 0 radical (unpaired) electrons. The average Bonchev–Trinajstić information content (AvgIpc) is 3.05. The van der Waals surface area contributed by atoms with Crippen molar-refractivity contribution in [1.29, 1.82) is 0 Å². The molecular weight excluding hydrogens is 282 g/mol. The molecule has 0 saturated carbocycles. The summed E-state index contributed by atoms with van der Waals surface area (Å²) in [6.45, 7) is 6.35. The van der Waals surface area contributed by atoms with Crippen LogP contribution in [-0.4, -0.2) is 19.8 Å². The Morgan fingerprint density at radius 2 is 2.00 bits per heavy atom. The number of rotatable bonds is 4. The maximum absolute atomic E-state index is 5.88. The van der Waals surface area contributed by atoms with Crippen molar-refractivity contribution in [1.82, 2.24) is 19.8 Å². The van der Waals surface area contributed by atoms with Crippen LogP contribution in [0, 0.1) is 6.92 Å². The largest absolute Gasteiger partial charge is 0.399 e. The monoisotopic (exact) mass is 301 g/mol. The lowest BCUT2D eigenvalue weighted by atomic mass is 10.0. The average molecular weight is 301 g/mol. The minimum absolute atomic E-state index is 0.406. The van der Waals surface area contributed by atoms with E-state index in [0.717, 1.165) is 45.4 Å². The van der Waals surface area contributed by atoms with Gasteiger partial charge in [0.25, 0.3) is 0 Å². The molecule has 0 amide bonds. The van der Waals surface area contributed by atoms with Crippen LogP contribution in [0.15, 0.2) is 18.2 Å². The van der Waals surface area contributed by atoms with Gasteiger partial charge in [-0.25, -0.2) is 0 Å². The first-order chi connectivity index (χ1) is 10.1. The van der Waals surface area contributed by atoms with Crippen molar-refractivity contribution in [3.05, 3.63) is 29.6 Å². The molecule has 0 bridgehead atoms. The zero-order chi connectivity index (χ0) is 15.0. The molecule has 0 fully saturated rings. The lowest BCUT2D eigenvalue weighted by Gasteiger charge is -2.07. The Balaban J connectivity index is 2.07. The summed E-state index contributed by atoms with van der Waals surface area (Å²) in [5, 5.41) is 14.2. The van der Waals surface area contributed by atoms with Crippen molar-refractivity contribution in [2.24, 2.45) is 0 Å². The van der Waals surface area contributed by atoms with Crippen LogP contribution in [0.5, 0.6) is 0 Å². The van der Waals surface area contributed by atoms with Gasteiger partial charge in [0.05, 0.1) is 0 Å². The second kappa shape index (κ2) is 5.44. The molecule has 0 aliphatic carbocycles. The third kappa shape index (κ3) is 2.40. The topological polar surface area (TPSA) is 69.1 Å². The highest BCUT2D eigenvalue weighted by Gasteiger charge is 2.18. The van der Waals surface area contributed by atoms with E-state index in [1.54, 1.807) is 11.3 Å². The minimum atomic E-state index is 0.406. The van der Waals surface area contributed by atoms with Gasteiger partial charge in [0.2, 0.25) is 4.96 Å². The summed E-state index contributed by atoms with van der Waals surface area (Å²) in [5.41, 5.74) is 8.83. The highest BCUT2D eigenvalue weighted by molar-refractivity contribution is 7.19. The third-order valence-electron chi connectivity index (χ3n) is 3.88. The molecule has 1 aromatic carbocycles. The number of nitrogen functional groups attached to an aromatic ring is 1. The standard InChI is InChI=1S/C15H19N5S/c1-4-10(5-2)13-17-18-15-20(13)19-14(21-15)11-6-7-12(16)9(3)8-11/h6-8,10H,4-5,16H2,1-3H3. The van der Waals surface area contributed by atoms with E-state index < -0.39 is 0 Å². The molecule has 21 heavy (non-hydrogen) atoms. The second-order valence-electron chi connectivity index (χ2n) is 5.24. The number of benzene rings is 1. The summed E-state index contributed by atoms with van der Waals surface area (Å²) >= 11 is 1.56. The number of fused-ring (bicyclic) bond motifs is 1. The Labute approximate surface area is 127 Å². The van der Waals surface area contributed by atoms with Gasteiger partial charge in [-0.15, -0.1) is 10.2 Å². The lowest BCUT2D eigenvalue weighted by Crippen LogP contribution is -2.03. The van der Waals surface area contributed by atoms with Gasteiger partial charge in [0.15, 0.2) is 5.82 Å². The number of nitrogens with two attached hydrogens (primary N) is 1. The molecule has 3 rings (SSSR count). The number of nitrogens with zero attached hydrogens (tertiary/aromatic N) is 4. The fourth-order valence-corrected chi connectivity index (χ4v) is 3.31. The van der Waals surface area contributed by atoms with Gasteiger partial charge < -0.3 is 5.73 Å². The summed E-state index contributed by atoms with van der Waals surface area (Å²) in [5.74, 6) is 1.37. The predicted octanol–water partition coefficient (Wildman–Crippen LogP) is 3.65. The van der Waals surface area contributed by atoms with E-state index in [2.05, 4.69) is 30.1 Å². The number of aromatic nitrogens is 4. The molecule has 0 saturated heterocycles. The Morgan fingerprint density at radius 3 is 2.67 bits per heavy atom. The molecule has 3 aromatic rings. The summed E-state index contributed by atoms with van der Waals surface area (Å²) in [6.07, 6.45) is 2.09. The molecule has 0 spiro atoms. The number of hydrogen-bond acceptors (Lipinski definition) is 5. The number of hydrogen-bond donors (Lipinski definition) is 1. The van der Waals surface area contributed by atoms with E-state index in [9.17, 15) is 0 Å². The normalized spacial score (nSPS) is 11.6. The quantitative estimate of drug-likeness (QED) is 0.747. The van der Waals surface area contributed by atoms with E-state index >= 15 is 0 Å². The molecule has 5 nitrogen and oxygen atoms in total. The molecule has 2 aromatic heterocycles. The van der Waals surface area contributed by atoms with E-state index in [-0.39, 0.29) is 0 Å². The highest BCUT2D eigenvalue weighted by Crippen LogP contribution is 2.30. The molecule has 0 aliphatic heterocycles. The Bertz CT molecular complexity index is 770. The fourth-order valence-electron chi connectivity index (χ4n) is 2.47. The van der Waals surface area contributed by atoms with Crippen LogP contribution in [0.3, 0.4) is 0 Å². The van der Waals surface area contributed by atoms with E-state index in [1.807, 2.05) is 23.6 Å². The number of aryl methyl sites for hydroxylation is 1. The zero-order valence-corrected chi connectivity index (χ0v) is 13.3. The SMILES string of the molecule is CCC(CC)c1nnc2sc(-c3ccc(N)c(C)c3)nn12. The molecular formula is C15H19N5S. The van der Waals surface area contributed by atoms with Crippen LogP contribution in [-0.2, 0) is 0 Å². The summed E-state index contributed by atoms with van der Waals surface area (Å²) < 4.78 is 1.89. The first kappa shape index (κ1) is 14.0. The molecule has 0 atom stereocenters. The van der Waals surface area contributed by atoms with Crippen molar-refractivity contribution in [2.75, 3.05) is 5.73 Å². The van der Waals surface area contributed by atoms with Gasteiger partial charge in [-0.3, -0.25) is 0 Å². The summed E-state index contributed by atoms with van der Waals surface area (Å²) in [7, 11) is 0. The predicted molar refractivity (Wildman–Crippen MR) is 86.6 cm³/mol. The van der Waals surface area contributed by atoms with Crippen LogP contribution >= 0.6 is 11.3 Å². The summed E-state index contributed by atoms with van der Waals surface area (Å²) in [4.78, 5) is 0.848. The van der Waals surface area contributed by atoms with Crippen LogP contribution in [0.1, 0.15) is 44.0 Å². The van der Waals surface area contributed by atoms with Gasteiger partial charge in [-0.1, -0.05) is 25.2 Å². The van der Waals surface area contributed by atoms with E-state index in [0.29, 0.717) is 5.92 Å². The Morgan fingerprint density at radius 1 is 1.24 bits per heavy atom. The van der Waals surface area contributed by atoms with Gasteiger partial charge >= 0.3 is 0 Å². The smallest absolute Gasteiger partial charge is 0.234 e.